The first-order chi connectivity index (χ1) is 9.15. The standard InChI is InChI=1S/C15H20N4/c1-9-5-10(2)17-15(14(9)8-16)19-13-6-11-3-4-12(7-13)18-11/h5,11-13,18H,3-4,6-7H2,1-2H3,(H,17,19). The molecule has 0 spiro atoms. The SMILES string of the molecule is Cc1cc(C)c(C#N)c(NC2CC3CCC(C2)N3)n1. The fourth-order valence-corrected chi connectivity index (χ4v) is 3.45. The van der Waals surface area contributed by atoms with Crippen LogP contribution in [-0.2, 0) is 0 Å². The smallest absolute Gasteiger partial charge is 0.144 e. The van der Waals surface area contributed by atoms with Crippen molar-refractivity contribution in [3.05, 3.63) is 22.9 Å². The van der Waals surface area contributed by atoms with Gasteiger partial charge in [-0.25, -0.2) is 4.98 Å². The van der Waals surface area contributed by atoms with Gasteiger partial charge in [0.25, 0.3) is 0 Å². The number of aromatic nitrogens is 1. The van der Waals surface area contributed by atoms with Crippen molar-refractivity contribution in [2.24, 2.45) is 0 Å². The molecule has 2 aliphatic heterocycles. The number of hydrogen-bond acceptors (Lipinski definition) is 4. The maximum atomic E-state index is 9.29. The number of aryl methyl sites for hydroxylation is 2. The molecule has 100 valence electrons. The molecule has 4 nitrogen and oxygen atoms in total. The Morgan fingerprint density at radius 1 is 1.32 bits per heavy atom. The number of fused-ring (bicyclic) bond motifs is 2. The summed E-state index contributed by atoms with van der Waals surface area (Å²) in [5.41, 5.74) is 2.67. The minimum absolute atomic E-state index is 0.444. The van der Waals surface area contributed by atoms with Crippen molar-refractivity contribution < 1.29 is 0 Å². The largest absolute Gasteiger partial charge is 0.366 e. The summed E-state index contributed by atoms with van der Waals surface area (Å²) in [6.07, 6.45) is 4.84. The minimum Gasteiger partial charge on any atom is -0.366 e. The number of anilines is 1. The van der Waals surface area contributed by atoms with Crippen LogP contribution in [0.25, 0.3) is 0 Å². The quantitative estimate of drug-likeness (QED) is 0.852. The van der Waals surface area contributed by atoms with Crippen LogP contribution in [0.3, 0.4) is 0 Å². The lowest BCUT2D eigenvalue weighted by Gasteiger charge is -2.30. The molecular weight excluding hydrogens is 236 g/mol. The van der Waals surface area contributed by atoms with Crippen LogP contribution in [0.4, 0.5) is 5.82 Å². The first kappa shape index (κ1) is 12.4. The average molecular weight is 256 g/mol. The number of nitriles is 1. The molecule has 1 aromatic heterocycles. The van der Waals surface area contributed by atoms with E-state index in [2.05, 4.69) is 21.7 Å². The van der Waals surface area contributed by atoms with Gasteiger partial charge in [0.15, 0.2) is 0 Å². The lowest BCUT2D eigenvalue weighted by molar-refractivity contribution is 0.377. The highest BCUT2D eigenvalue weighted by Gasteiger charge is 2.33. The monoisotopic (exact) mass is 256 g/mol. The van der Waals surface area contributed by atoms with Gasteiger partial charge in [-0.05, 0) is 51.2 Å². The van der Waals surface area contributed by atoms with E-state index in [9.17, 15) is 5.26 Å². The van der Waals surface area contributed by atoms with Crippen molar-refractivity contribution in [1.29, 1.82) is 5.26 Å². The summed E-state index contributed by atoms with van der Waals surface area (Å²) in [6, 6.07) is 5.98. The van der Waals surface area contributed by atoms with Crippen LogP contribution < -0.4 is 10.6 Å². The van der Waals surface area contributed by atoms with E-state index in [1.54, 1.807) is 0 Å². The van der Waals surface area contributed by atoms with E-state index in [4.69, 9.17) is 0 Å². The average Bonchev–Trinajstić information content (AvgIpc) is 2.68. The van der Waals surface area contributed by atoms with Crippen LogP contribution in [0.1, 0.15) is 42.5 Å². The molecule has 2 atom stereocenters. The topological polar surface area (TPSA) is 60.7 Å². The van der Waals surface area contributed by atoms with Gasteiger partial charge in [-0.3, -0.25) is 0 Å². The summed E-state index contributed by atoms with van der Waals surface area (Å²) in [6.45, 7) is 3.95. The van der Waals surface area contributed by atoms with Crippen molar-refractivity contribution in [3.63, 3.8) is 0 Å². The van der Waals surface area contributed by atoms with Gasteiger partial charge in [-0.2, -0.15) is 5.26 Å². The Morgan fingerprint density at radius 2 is 2.00 bits per heavy atom. The van der Waals surface area contributed by atoms with Crippen LogP contribution in [0.2, 0.25) is 0 Å². The molecule has 2 saturated heterocycles. The van der Waals surface area contributed by atoms with E-state index in [0.29, 0.717) is 23.7 Å². The predicted octanol–water partition coefficient (Wildman–Crippen LogP) is 2.27. The highest BCUT2D eigenvalue weighted by atomic mass is 15.1. The molecule has 2 unspecified atom stereocenters. The van der Waals surface area contributed by atoms with Gasteiger partial charge in [-0.1, -0.05) is 0 Å². The Balaban J connectivity index is 1.82. The van der Waals surface area contributed by atoms with E-state index in [1.807, 2.05) is 19.9 Å². The molecule has 0 radical (unpaired) electrons. The van der Waals surface area contributed by atoms with E-state index in [0.717, 1.165) is 29.9 Å². The third-order valence-corrected chi connectivity index (χ3v) is 4.27. The Morgan fingerprint density at radius 3 is 2.63 bits per heavy atom. The molecule has 2 N–H and O–H groups in total. The second-order valence-corrected chi connectivity index (χ2v) is 5.87. The molecule has 0 amide bonds. The third-order valence-electron chi connectivity index (χ3n) is 4.27. The van der Waals surface area contributed by atoms with E-state index >= 15 is 0 Å². The van der Waals surface area contributed by atoms with Gasteiger partial charge < -0.3 is 10.6 Å². The van der Waals surface area contributed by atoms with Crippen LogP contribution in [0.15, 0.2) is 6.07 Å². The Kier molecular flexibility index (Phi) is 3.16. The van der Waals surface area contributed by atoms with Crippen LogP contribution in [0.5, 0.6) is 0 Å². The normalized spacial score (nSPS) is 29.0. The number of nitrogens with zero attached hydrogens (tertiary/aromatic N) is 2. The zero-order chi connectivity index (χ0) is 13.4. The Labute approximate surface area is 114 Å². The molecule has 3 rings (SSSR count). The molecular formula is C15H20N4. The first-order valence-electron chi connectivity index (χ1n) is 7.06. The van der Waals surface area contributed by atoms with Crippen LogP contribution in [-0.4, -0.2) is 23.1 Å². The van der Waals surface area contributed by atoms with Gasteiger partial charge >= 0.3 is 0 Å². The van der Waals surface area contributed by atoms with Crippen molar-refractivity contribution in [3.8, 4) is 6.07 Å². The zero-order valence-corrected chi connectivity index (χ0v) is 11.5. The zero-order valence-electron chi connectivity index (χ0n) is 11.5. The predicted molar refractivity (Wildman–Crippen MR) is 75.0 cm³/mol. The molecule has 2 aliphatic rings. The molecule has 3 heterocycles. The minimum atomic E-state index is 0.444. The molecule has 19 heavy (non-hydrogen) atoms. The summed E-state index contributed by atoms with van der Waals surface area (Å²) in [5.74, 6) is 0.770. The molecule has 0 saturated carbocycles. The number of rotatable bonds is 2. The summed E-state index contributed by atoms with van der Waals surface area (Å²) in [7, 11) is 0. The fraction of sp³-hybridized carbons (Fsp3) is 0.600. The summed E-state index contributed by atoms with van der Waals surface area (Å²) in [4.78, 5) is 4.52. The number of piperidine rings is 1. The van der Waals surface area contributed by atoms with Gasteiger partial charge in [0.1, 0.15) is 11.9 Å². The number of pyridine rings is 1. The molecule has 1 aromatic rings. The Hall–Kier alpha value is -1.60. The van der Waals surface area contributed by atoms with Crippen molar-refractivity contribution in [2.75, 3.05) is 5.32 Å². The number of hydrogen-bond donors (Lipinski definition) is 2. The molecule has 4 heteroatoms. The lowest BCUT2D eigenvalue weighted by Crippen LogP contribution is -2.43. The third kappa shape index (κ3) is 2.43. The van der Waals surface area contributed by atoms with Gasteiger partial charge in [0.2, 0.25) is 0 Å². The second kappa shape index (κ2) is 4.82. The Bertz CT molecular complexity index is 520. The summed E-state index contributed by atoms with van der Waals surface area (Å²) >= 11 is 0. The van der Waals surface area contributed by atoms with Crippen molar-refractivity contribution in [1.82, 2.24) is 10.3 Å². The van der Waals surface area contributed by atoms with E-state index in [-0.39, 0.29) is 0 Å². The molecule has 0 aromatic carbocycles. The first-order valence-corrected chi connectivity index (χ1v) is 7.06. The van der Waals surface area contributed by atoms with Gasteiger partial charge in [-0.15, -0.1) is 0 Å². The van der Waals surface area contributed by atoms with Crippen LogP contribution >= 0.6 is 0 Å². The van der Waals surface area contributed by atoms with Crippen molar-refractivity contribution >= 4 is 5.82 Å². The highest BCUT2D eigenvalue weighted by molar-refractivity contribution is 5.56. The van der Waals surface area contributed by atoms with Crippen molar-refractivity contribution in [2.45, 2.75) is 57.7 Å². The second-order valence-electron chi connectivity index (χ2n) is 5.87. The highest BCUT2D eigenvalue weighted by Crippen LogP contribution is 2.29. The lowest BCUT2D eigenvalue weighted by atomic mass is 9.99. The summed E-state index contributed by atoms with van der Waals surface area (Å²) in [5, 5.41) is 16.4. The molecule has 2 bridgehead atoms. The molecule has 2 fully saturated rings. The molecule has 0 aliphatic carbocycles. The van der Waals surface area contributed by atoms with Gasteiger partial charge in [0, 0.05) is 23.8 Å². The summed E-state index contributed by atoms with van der Waals surface area (Å²) < 4.78 is 0. The van der Waals surface area contributed by atoms with Crippen LogP contribution in [0, 0.1) is 25.2 Å². The van der Waals surface area contributed by atoms with Gasteiger partial charge in [0.05, 0.1) is 5.56 Å². The van der Waals surface area contributed by atoms with E-state index < -0.39 is 0 Å². The maximum Gasteiger partial charge on any atom is 0.144 e. The van der Waals surface area contributed by atoms with E-state index in [1.165, 1.54) is 12.8 Å². The maximum absolute atomic E-state index is 9.29. The number of nitrogens with one attached hydrogen (secondary N) is 2. The fourth-order valence-electron chi connectivity index (χ4n) is 3.45.